The van der Waals surface area contributed by atoms with Crippen molar-refractivity contribution in [3.05, 3.63) is 65.2 Å². The molecule has 2 N–H and O–H groups in total. The van der Waals surface area contributed by atoms with Gasteiger partial charge in [-0.15, -0.1) is 0 Å². The first kappa shape index (κ1) is 19.0. The highest BCUT2D eigenvalue weighted by Crippen LogP contribution is 2.25. The molecule has 1 saturated heterocycles. The minimum Gasteiger partial charge on any atom is -0.506 e. The predicted octanol–water partition coefficient (Wildman–Crippen LogP) is 3.94. The number of piperidine rings is 1. The van der Waals surface area contributed by atoms with Gasteiger partial charge >= 0.3 is 0 Å². The summed E-state index contributed by atoms with van der Waals surface area (Å²) in [4.78, 5) is 26.5. The minimum atomic E-state index is -0.172. The van der Waals surface area contributed by atoms with Gasteiger partial charge in [-0.25, -0.2) is 0 Å². The van der Waals surface area contributed by atoms with Gasteiger partial charge in [-0.1, -0.05) is 35.9 Å². The quantitative estimate of drug-likeness (QED) is 0.619. The zero-order valence-electron chi connectivity index (χ0n) is 14.8. The van der Waals surface area contributed by atoms with Gasteiger partial charge in [0.2, 0.25) is 11.8 Å². The number of carbonyl (C=O) groups is 2. The Balaban J connectivity index is 1.50. The van der Waals surface area contributed by atoms with Crippen LogP contribution in [-0.2, 0) is 9.59 Å². The average Bonchev–Trinajstić information content (AvgIpc) is 2.69. The molecule has 0 aromatic heterocycles. The first-order valence-electron chi connectivity index (χ1n) is 8.84. The molecule has 1 aliphatic rings. The zero-order valence-corrected chi connectivity index (χ0v) is 15.5. The number of hydrogen-bond acceptors (Lipinski definition) is 3. The zero-order chi connectivity index (χ0) is 19.2. The molecule has 0 unspecified atom stereocenters. The molecule has 2 amide bonds. The SMILES string of the molecule is O=C(Nc1ccccc1O)C1CCN(C(=O)/C=C/c2ccc(Cl)cc2)CC1. The first-order chi connectivity index (χ1) is 13.0. The largest absolute Gasteiger partial charge is 0.506 e. The Morgan fingerprint density at radius 3 is 2.41 bits per heavy atom. The van der Waals surface area contributed by atoms with Crippen LogP contribution in [0.4, 0.5) is 5.69 Å². The number of halogens is 1. The second kappa shape index (κ2) is 8.73. The Hall–Kier alpha value is -2.79. The molecule has 5 nitrogen and oxygen atoms in total. The summed E-state index contributed by atoms with van der Waals surface area (Å²) in [6, 6.07) is 13.9. The summed E-state index contributed by atoms with van der Waals surface area (Å²) in [5.41, 5.74) is 1.32. The third-order valence-corrected chi connectivity index (χ3v) is 4.88. The van der Waals surface area contributed by atoms with Crippen molar-refractivity contribution < 1.29 is 14.7 Å². The van der Waals surface area contributed by atoms with Crippen molar-refractivity contribution in [1.82, 2.24) is 4.90 Å². The number of anilines is 1. The first-order valence-corrected chi connectivity index (χ1v) is 9.22. The van der Waals surface area contributed by atoms with Gasteiger partial charge in [-0.05, 0) is 48.7 Å². The summed E-state index contributed by atoms with van der Waals surface area (Å²) in [6.45, 7) is 1.06. The van der Waals surface area contributed by atoms with Crippen LogP contribution >= 0.6 is 11.6 Å². The summed E-state index contributed by atoms with van der Waals surface area (Å²) in [5.74, 6) is -0.315. The maximum Gasteiger partial charge on any atom is 0.246 e. The van der Waals surface area contributed by atoms with Gasteiger partial charge in [0.1, 0.15) is 5.75 Å². The van der Waals surface area contributed by atoms with Crippen LogP contribution in [0.5, 0.6) is 5.75 Å². The van der Waals surface area contributed by atoms with E-state index in [4.69, 9.17) is 11.6 Å². The van der Waals surface area contributed by atoms with Gasteiger partial charge in [-0.2, -0.15) is 0 Å². The summed E-state index contributed by atoms with van der Waals surface area (Å²) < 4.78 is 0. The van der Waals surface area contributed by atoms with Gasteiger partial charge in [0.05, 0.1) is 5.69 Å². The number of carbonyl (C=O) groups excluding carboxylic acids is 2. The van der Waals surface area contributed by atoms with Crippen molar-refractivity contribution in [1.29, 1.82) is 0 Å². The highest BCUT2D eigenvalue weighted by molar-refractivity contribution is 6.30. The fourth-order valence-electron chi connectivity index (χ4n) is 3.02. The standard InChI is InChI=1S/C21H21ClN2O3/c22-17-8-5-15(6-9-17)7-10-20(26)24-13-11-16(12-14-24)21(27)23-18-3-1-2-4-19(18)25/h1-10,16,25H,11-14H2,(H,23,27)/b10-7+. The molecular weight excluding hydrogens is 364 g/mol. The van der Waals surface area contributed by atoms with Crippen LogP contribution in [0.2, 0.25) is 5.02 Å². The maximum absolute atomic E-state index is 12.4. The van der Waals surface area contributed by atoms with Crippen molar-refractivity contribution in [3.63, 3.8) is 0 Å². The van der Waals surface area contributed by atoms with Gasteiger partial charge in [0, 0.05) is 30.1 Å². The van der Waals surface area contributed by atoms with E-state index in [-0.39, 0.29) is 23.5 Å². The second-order valence-electron chi connectivity index (χ2n) is 6.49. The maximum atomic E-state index is 12.4. The van der Waals surface area contributed by atoms with E-state index >= 15 is 0 Å². The van der Waals surface area contributed by atoms with E-state index in [1.807, 2.05) is 12.1 Å². The number of phenols is 1. The smallest absolute Gasteiger partial charge is 0.246 e. The molecule has 2 aromatic rings. The fourth-order valence-corrected chi connectivity index (χ4v) is 3.15. The summed E-state index contributed by atoms with van der Waals surface area (Å²) in [6.07, 6.45) is 4.50. The van der Waals surface area contributed by atoms with E-state index in [1.165, 1.54) is 6.07 Å². The lowest BCUT2D eigenvalue weighted by molar-refractivity contribution is -0.130. The number of phenolic OH excluding ortho intramolecular Hbond substituents is 1. The van der Waals surface area contributed by atoms with Crippen molar-refractivity contribution >= 4 is 35.2 Å². The lowest BCUT2D eigenvalue weighted by atomic mass is 9.95. The van der Waals surface area contributed by atoms with Crippen LogP contribution in [-0.4, -0.2) is 34.9 Å². The van der Waals surface area contributed by atoms with Crippen LogP contribution in [0.3, 0.4) is 0 Å². The van der Waals surface area contributed by atoms with E-state index in [0.29, 0.717) is 36.6 Å². The fraction of sp³-hybridized carbons (Fsp3) is 0.238. The van der Waals surface area contributed by atoms with Crippen molar-refractivity contribution in [3.8, 4) is 5.75 Å². The van der Waals surface area contributed by atoms with Crippen molar-refractivity contribution in [2.24, 2.45) is 5.92 Å². The van der Waals surface area contributed by atoms with Crippen LogP contribution < -0.4 is 5.32 Å². The lowest BCUT2D eigenvalue weighted by Crippen LogP contribution is -2.40. The molecule has 27 heavy (non-hydrogen) atoms. The molecule has 1 fully saturated rings. The molecule has 0 saturated carbocycles. The Bertz CT molecular complexity index is 841. The molecule has 0 aliphatic carbocycles. The molecule has 0 bridgehead atoms. The highest BCUT2D eigenvalue weighted by Gasteiger charge is 2.26. The normalized spacial score (nSPS) is 15.1. The monoisotopic (exact) mass is 384 g/mol. The molecule has 6 heteroatoms. The van der Waals surface area contributed by atoms with E-state index < -0.39 is 0 Å². The summed E-state index contributed by atoms with van der Waals surface area (Å²) in [5, 5.41) is 13.2. The minimum absolute atomic E-state index is 0.0470. The molecule has 2 aromatic carbocycles. The molecule has 0 radical (unpaired) electrons. The van der Waals surface area contributed by atoms with Gasteiger partial charge in [0.25, 0.3) is 0 Å². The molecule has 1 heterocycles. The summed E-state index contributed by atoms with van der Waals surface area (Å²) in [7, 11) is 0. The molecule has 140 valence electrons. The van der Waals surface area contributed by atoms with Crippen molar-refractivity contribution in [2.75, 3.05) is 18.4 Å². The number of amides is 2. The number of benzene rings is 2. The Kier molecular flexibility index (Phi) is 6.14. The van der Waals surface area contributed by atoms with E-state index in [9.17, 15) is 14.7 Å². The van der Waals surface area contributed by atoms with Crippen LogP contribution in [0.1, 0.15) is 18.4 Å². The predicted molar refractivity (Wildman–Crippen MR) is 107 cm³/mol. The van der Waals surface area contributed by atoms with Crippen LogP contribution in [0.15, 0.2) is 54.6 Å². The molecule has 1 aliphatic heterocycles. The van der Waals surface area contributed by atoms with Crippen LogP contribution in [0, 0.1) is 5.92 Å². The Morgan fingerprint density at radius 1 is 1.07 bits per heavy atom. The van der Waals surface area contributed by atoms with E-state index in [2.05, 4.69) is 5.32 Å². The number of nitrogens with one attached hydrogen (secondary N) is 1. The van der Waals surface area contributed by atoms with Crippen LogP contribution in [0.25, 0.3) is 6.08 Å². The summed E-state index contributed by atoms with van der Waals surface area (Å²) >= 11 is 5.85. The second-order valence-corrected chi connectivity index (χ2v) is 6.93. The van der Waals surface area contributed by atoms with E-state index in [1.54, 1.807) is 47.4 Å². The van der Waals surface area contributed by atoms with E-state index in [0.717, 1.165) is 5.56 Å². The number of rotatable bonds is 4. The third kappa shape index (κ3) is 5.11. The average molecular weight is 385 g/mol. The van der Waals surface area contributed by atoms with Crippen molar-refractivity contribution in [2.45, 2.75) is 12.8 Å². The Morgan fingerprint density at radius 2 is 1.74 bits per heavy atom. The molecule has 3 rings (SSSR count). The molecular formula is C21H21ClN2O3. The number of likely N-dealkylation sites (tertiary alicyclic amines) is 1. The van der Waals surface area contributed by atoms with Gasteiger partial charge in [-0.3, -0.25) is 9.59 Å². The number of para-hydroxylation sites is 2. The number of nitrogens with zero attached hydrogens (tertiary/aromatic N) is 1. The lowest BCUT2D eigenvalue weighted by Gasteiger charge is -2.30. The van der Waals surface area contributed by atoms with Gasteiger partial charge in [0.15, 0.2) is 0 Å². The topological polar surface area (TPSA) is 69.6 Å². The number of hydrogen-bond donors (Lipinski definition) is 2. The highest BCUT2D eigenvalue weighted by atomic mass is 35.5. The third-order valence-electron chi connectivity index (χ3n) is 4.63. The van der Waals surface area contributed by atoms with Gasteiger partial charge < -0.3 is 15.3 Å². The Labute approximate surface area is 163 Å². The number of aromatic hydroxyl groups is 1. The molecule has 0 spiro atoms. The molecule has 0 atom stereocenters.